The fourth-order valence-electron chi connectivity index (χ4n) is 3.08. The van der Waals surface area contributed by atoms with Crippen LogP contribution in [0.2, 0.25) is 0 Å². The number of carboxylic acids is 1. The summed E-state index contributed by atoms with van der Waals surface area (Å²) >= 11 is 1.41. The summed E-state index contributed by atoms with van der Waals surface area (Å²) in [5.41, 5.74) is 2.25. The van der Waals surface area contributed by atoms with Crippen LogP contribution in [0, 0.1) is 0 Å². The Kier molecular flexibility index (Phi) is 5.22. The van der Waals surface area contributed by atoms with Gasteiger partial charge in [0.25, 0.3) is 0 Å². The molecule has 0 fully saturated rings. The van der Waals surface area contributed by atoms with Crippen molar-refractivity contribution in [2.45, 2.75) is 6.61 Å². The molecule has 28 heavy (non-hydrogen) atoms. The SMILES string of the molecule is O=C(O)/C(=C\c1ccc(OCc2cccc3ccccc23)cc1)c1cccs1. The first kappa shape index (κ1) is 18.0. The largest absolute Gasteiger partial charge is 0.489 e. The number of carbonyl (C=O) groups is 1. The third kappa shape index (κ3) is 3.97. The van der Waals surface area contributed by atoms with E-state index in [2.05, 4.69) is 24.3 Å². The standard InChI is InChI=1S/C24H18O3S/c25-24(26)22(23-9-4-14-28-23)15-17-10-12-20(13-11-17)27-16-19-7-3-6-18-5-1-2-8-21(18)19/h1-15H,16H2,(H,25,26)/b22-15-. The second-order valence-corrected chi connectivity index (χ2v) is 7.28. The highest BCUT2D eigenvalue weighted by Crippen LogP contribution is 2.25. The van der Waals surface area contributed by atoms with Gasteiger partial charge in [0.05, 0.1) is 5.57 Å². The predicted molar refractivity (Wildman–Crippen MR) is 115 cm³/mol. The number of rotatable bonds is 6. The lowest BCUT2D eigenvalue weighted by molar-refractivity contribution is -0.130. The Labute approximate surface area is 167 Å². The van der Waals surface area contributed by atoms with Crippen molar-refractivity contribution in [2.75, 3.05) is 0 Å². The molecule has 138 valence electrons. The second-order valence-electron chi connectivity index (χ2n) is 6.34. The second kappa shape index (κ2) is 8.11. The van der Waals surface area contributed by atoms with Gasteiger partial charge >= 0.3 is 5.97 Å². The molecule has 0 atom stereocenters. The van der Waals surface area contributed by atoms with Crippen LogP contribution in [-0.4, -0.2) is 11.1 Å². The highest BCUT2D eigenvalue weighted by atomic mass is 32.1. The Balaban J connectivity index is 1.50. The first-order valence-electron chi connectivity index (χ1n) is 8.89. The van der Waals surface area contributed by atoms with E-state index in [1.54, 1.807) is 6.08 Å². The van der Waals surface area contributed by atoms with Gasteiger partial charge in [-0.25, -0.2) is 4.79 Å². The summed E-state index contributed by atoms with van der Waals surface area (Å²) in [7, 11) is 0. The number of hydrogen-bond acceptors (Lipinski definition) is 3. The van der Waals surface area contributed by atoms with E-state index >= 15 is 0 Å². The van der Waals surface area contributed by atoms with E-state index in [0.717, 1.165) is 21.8 Å². The van der Waals surface area contributed by atoms with Crippen LogP contribution in [0.4, 0.5) is 0 Å². The molecule has 0 amide bonds. The van der Waals surface area contributed by atoms with E-state index in [4.69, 9.17) is 4.74 Å². The fraction of sp³-hybridized carbons (Fsp3) is 0.0417. The molecule has 4 aromatic rings. The lowest BCUT2D eigenvalue weighted by atomic mass is 10.1. The van der Waals surface area contributed by atoms with E-state index in [1.165, 1.54) is 22.1 Å². The Morgan fingerprint density at radius 3 is 2.46 bits per heavy atom. The molecule has 0 unspecified atom stereocenters. The number of thiophene rings is 1. The summed E-state index contributed by atoms with van der Waals surface area (Å²) in [4.78, 5) is 12.3. The van der Waals surface area contributed by atoms with Crippen LogP contribution in [-0.2, 0) is 11.4 Å². The van der Waals surface area contributed by atoms with Crippen LogP contribution >= 0.6 is 11.3 Å². The fourth-order valence-corrected chi connectivity index (χ4v) is 3.81. The van der Waals surface area contributed by atoms with Gasteiger partial charge in [-0.15, -0.1) is 11.3 Å². The van der Waals surface area contributed by atoms with Gasteiger partial charge in [-0.3, -0.25) is 0 Å². The predicted octanol–water partition coefficient (Wildman–Crippen LogP) is 6.11. The van der Waals surface area contributed by atoms with Crippen molar-refractivity contribution >= 4 is 39.7 Å². The summed E-state index contributed by atoms with van der Waals surface area (Å²) in [6, 6.07) is 25.6. The van der Waals surface area contributed by atoms with Gasteiger partial charge in [-0.2, -0.15) is 0 Å². The number of aliphatic carboxylic acids is 1. The van der Waals surface area contributed by atoms with Crippen molar-refractivity contribution < 1.29 is 14.6 Å². The van der Waals surface area contributed by atoms with Gasteiger partial charge in [-0.05, 0) is 51.6 Å². The summed E-state index contributed by atoms with van der Waals surface area (Å²) in [6.07, 6.45) is 1.68. The van der Waals surface area contributed by atoms with E-state index in [-0.39, 0.29) is 0 Å². The van der Waals surface area contributed by atoms with E-state index < -0.39 is 5.97 Å². The zero-order valence-corrected chi connectivity index (χ0v) is 15.9. The van der Waals surface area contributed by atoms with Gasteiger partial charge in [0.15, 0.2) is 0 Å². The van der Waals surface area contributed by atoms with Crippen molar-refractivity contribution in [3.63, 3.8) is 0 Å². The molecule has 0 saturated carbocycles. The molecule has 3 aromatic carbocycles. The lowest BCUT2D eigenvalue weighted by Gasteiger charge is -2.09. The third-order valence-electron chi connectivity index (χ3n) is 4.48. The van der Waals surface area contributed by atoms with Gasteiger partial charge in [0, 0.05) is 4.88 Å². The van der Waals surface area contributed by atoms with Gasteiger partial charge in [0.2, 0.25) is 0 Å². The average Bonchev–Trinajstić information content (AvgIpc) is 3.25. The molecule has 0 saturated heterocycles. The molecule has 1 heterocycles. The topological polar surface area (TPSA) is 46.5 Å². The number of fused-ring (bicyclic) bond motifs is 1. The Hall–Kier alpha value is -3.37. The minimum absolute atomic E-state index is 0.291. The van der Waals surface area contributed by atoms with Crippen LogP contribution in [0.25, 0.3) is 22.4 Å². The first-order valence-corrected chi connectivity index (χ1v) is 9.77. The summed E-state index contributed by atoms with van der Waals surface area (Å²) in [5.74, 6) is -0.184. The minimum atomic E-state index is -0.932. The highest BCUT2D eigenvalue weighted by molar-refractivity contribution is 7.11. The average molecular weight is 386 g/mol. The third-order valence-corrected chi connectivity index (χ3v) is 5.39. The Bertz CT molecular complexity index is 1120. The molecule has 1 aromatic heterocycles. The maximum absolute atomic E-state index is 11.5. The lowest BCUT2D eigenvalue weighted by Crippen LogP contribution is -1.98. The van der Waals surface area contributed by atoms with E-state index in [0.29, 0.717) is 12.2 Å². The zero-order chi connectivity index (χ0) is 19.3. The van der Waals surface area contributed by atoms with Crippen LogP contribution in [0.5, 0.6) is 5.75 Å². The van der Waals surface area contributed by atoms with Crippen LogP contribution in [0.3, 0.4) is 0 Å². The molecular weight excluding hydrogens is 368 g/mol. The number of hydrogen-bond donors (Lipinski definition) is 1. The van der Waals surface area contributed by atoms with Crippen molar-refractivity contribution in [1.82, 2.24) is 0 Å². The summed E-state index contributed by atoms with van der Waals surface area (Å²) in [6.45, 7) is 0.478. The maximum atomic E-state index is 11.5. The molecular formula is C24H18O3S. The molecule has 0 aliphatic rings. The zero-order valence-electron chi connectivity index (χ0n) is 15.0. The summed E-state index contributed by atoms with van der Waals surface area (Å²) in [5, 5.41) is 13.7. The molecule has 0 aliphatic carbocycles. The number of ether oxygens (including phenoxy) is 1. The van der Waals surface area contributed by atoms with Gasteiger partial charge < -0.3 is 9.84 Å². The minimum Gasteiger partial charge on any atom is -0.489 e. The van der Waals surface area contributed by atoms with Crippen molar-refractivity contribution in [2.24, 2.45) is 0 Å². The highest BCUT2D eigenvalue weighted by Gasteiger charge is 2.11. The molecule has 4 heteroatoms. The van der Waals surface area contributed by atoms with E-state index in [1.807, 2.05) is 60.0 Å². The van der Waals surface area contributed by atoms with Crippen molar-refractivity contribution in [3.05, 3.63) is 100 Å². The van der Waals surface area contributed by atoms with E-state index in [9.17, 15) is 9.90 Å². The molecule has 3 nitrogen and oxygen atoms in total. The molecule has 4 rings (SSSR count). The van der Waals surface area contributed by atoms with Gasteiger partial charge in [0.1, 0.15) is 12.4 Å². The Morgan fingerprint density at radius 2 is 1.71 bits per heavy atom. The number of benzene rings is 3. The molecule has 0 aliphatic heterocycles. The molecule has 0 bridgehead atoms. The molecule has 1 N–H and O–H groups in total. The quantitative estimate of drug-likeness (QED) is 0.407. The smallest absolute Gasteiger partial charge is 0.337 e. The normalized spacial score (nSPS) is 11.5. The maximum Gasteiger partial charge on any atom is 0.337 e. The van der Waals surface area contributed by atoms with Crippen LogP contribution in [0.15, 0.2) is 84.2 Å². The van der Waals surface area contributed by atoms with Crippen LogP contribution in [0.1, 0.15) is 16.0 Å². The molecule has 0 radical (unpaired) electrons. The first-order chi connectivity index (χ1) is 13.7. The van der Waals surface area contributed by atoms with Crippen molar-refractivity contribution in [3.8, 4) is 5.75 Å². The number of carboxylic acid groups (broad SMARTS) is 1. The van der Waals surface area contributed by atoms with Gasteiger partial charge in [-0.1, -0.05) is 60.7 Å². The monoisotopic (exact) mass is 386 g/mol. The Morgan fingerprint density at radius 1 is 0.929 bits per heavy atom. The van der Waals surface area contributed by atoms with Crippen LogP contribution < -0.4 is 4.74 Å². The molecule has 0 spiro atoms. The summed E-state index contributed by atoms with van der Waals surface area (Å²) < 4.78 is 5.94. The van der Waals surface area contributed by atoms with Crippen molar-refractivity contribution in [1.29, 1.82) is 0 Å².